The number of hydrogen-bond donors (Lipinski definition) is 0. The zero-order valence-electron chi connectivity index (χ0n) is 21.1. The summed E-state index contributed by atoms with van der Waals surface area (Å²) < 4.78 is 15.4. The molecule has 2 aliphatic rings. The number of aryl methyl sites for hydroxylation is 1. The number of halogens is 1. The second kappa shape index (κ2) is 12.2. The summed E-state index contributed by atoms with van der Waals surface area (Å²) in [6.07, 6.45) is 23.0. The van der Waals surface area contributed by atoms with E-state index in [9.17, 15) is 0 Å². The first-order valence-corrected chi connectivity index (χ1v) is 14.1. The van der Waals surface area contributed by atoms with Crippen molar-refractivity contribution in [2.45, 2.75) is 110 Å². The van der Waals surface area contributed by atoms with Gasteiger partial charge in [0.05, 0.1) is 0 Å². The van der Waals surface area contributed by atoms with E-state index in [1.54, 1.807) is 0 Å². The van der Waals surface area contributed by atoms with Crippen molar-refractivity contribution in [1.82, 2.24) is 0 Å². The van der Waals surface area contributed by atoms with Gasteiger partial charge in [-0.15, -0.1) is 0 Å². The van der Waals surface area contributed by atoms with Crippen molar-refractivity contribution >= 4 is 10.8 Å². The molecule has 0 aromatic heterocycles. The van der Waals surface area contributed by atoms with E-state index in [1.807, 2.05) is 6.07 Å². The van der Waals surface area contributed by atoms with Crippen LogP contribution in [0.3, 0.4) is 0 Å². The Morgan fingerprint density at radius 1 is 0.818 bits per heavy atom. The molecule has 4 rings (SSSR count). The molecule has 2 saturated carbocycles. The van der Waals surface area contributed by atoms with Crippen molar-refractivity contribution in [3.8, 4) is 0 Å². The second-order valence-corrected chi connectivity index (χ2v) is 11.1. The maximum absolute atomic E-state index is 15.4. The predicted octanol–water partition coefficient (Wildman–Crippen LogP) is 10.1. The number of rotatable bonds is 9. The molecule has 2 fully saturated rings. The summed E-state index contributed by atoms with van der Waals surface area (Å²) in [6.45, 7) is 4.46. The maximum atomic E-state index is 15.4. The third-order valence-electron chi connectivity index (χ3n) is 8.61. The SMILES string of the molecule is CCC/C=C/C1CCC(CCC2CCC(c3ccc4cc(CCC)ccc4c3F)CC2)CC1. The van der Waals surface area contributed by atoms with Gasteiger partial charge < -0.3 is 0 Å². The van der Waals surface area contributed by atoms with Crippen LogP contribution in [0.1, 0.15) is 114 Å². The highest BCUT2D eigenvalue weighted by atomic mass is 19.1. The Bertz CT molecular complexity index is 894. The predicted molar refractivity (Wildman–Crippen MR) is 141 cm³/mol. The molecule has 0 aliphatic heterocycles. The third kappa shape index (κ3) is 6.49. The summed E-state index contributed by atoms with van der Waals surface area (Å²) in [4.78, 5) is 0. The lowest BCUT2D eigenvalue weighted by Gasteiger charge is -2.32. The van der Waals surface area contributed by atoms with E-state index in [0.29, 0.717) is 5.92 Å². The first-order valence-electron chi connectivity index (χ1n) is 14.1. The normalized spacial score (nSPS) is 26.3. The van der Waals surface area contributed by atoms with Gasteiger partial charge in [0.15, 0.2) is 0 Å². The highest BCUT2D eigenvalue weighted by molar-refractivity contribution is 5.84. The Hall–Kier alpha value is -1.63. The maximum Gasteiger partial charge on any atom is 0.134 e. The lowest BCUT2D eigenvalue weighted by atomic mass is 9.74. The molecule has 2 aliphatic carbocycles. The average Bonchev–Trinajstić information content (AvgIpc) is 2.85. The smallest absolute Gasteiger partial charge is 0.134 e. The quantitative estimate of drug-likeness (QED) is 0.335. The summed E-state index contributed by atoms with van der Waals surface area (Å²) in [5.74, 6) is 3.12. The van der Waals surface area contributed by atoms with Gasteiger partial charge in [0, 0.05) is 5.39 Å². The van der Waals surface area contributed by atoms with E-state index in [2.05, 4.69) is 50.3 Å². The average molecular weight is 449 g/mol. The summed E-state index contributed by atoms with van der Waals surface area (Å²) in [5.41, 5.74) is 2.29. The van der Waals surface area contributed by atoms with Crippen molar-refractivity contribution in [3.05, 3.63) is 59.4 Å². The largest absolute Gasteiger partial charge is 0.206 e. The van der Waals surface area contributed by atoms with E-state index in [4.69, 9.17) is 0 Å². The molecule has 0 amide bonds. The fourth-order valence-corrected chi connectivity index (χ4v) is 6.48. The van der Waals surface area contributed by atoms with Gasteiger partial charge in [0.25, 0.3) is 0 Å². The van der Waals surface area contributed by atoms with Gasteiger partial charge in [0.1, 0.15) is 5.82 Å². The summed E-state index contributed by atoms with van der Waals surface area (Å²) in [6, 6.07) is 10.6. The molecule has 0 saturated heterocycles. The minimum absolute atomic E-state index is 0.0451. The van der Waals surface area contributed by atoms with Crippen LogP contribution in [0.4, 0.5) is 4.39 Å². The van der Waals surface area contributed by atoms with Crippen molar-refractivity contribution < 1.29 is 4.39 Å². The number of allylic oxidation sites excluding steroid dienone is 2. The van der Waals surface area contributed by atoms with Crippen molar-refractivity contribution in [2.24, 2.45) is 17.8 Å². The van der Waals surface area contributed by atoms with Gasteiger partial charge in [-0.1, -0.05) is 82.0 Å². The van der Waals surface area contributed by atoms with Crippen LogP contribution in [0.2, 0.25) is 0 Å². The first kappa shape index (κ1) is 24.5. The van der Waals surface area contributed by atoms with Gasteiger partial charge in [-0.05, 0) is 104 Å². The van der Waals surface area contributed by atoms with Gasteiger partial charge in [-0.25, -0.2) is 4.39 Å². The monoisotopic (exact) mass is 448 g/mol. The van der Waals surface area contributed by atoms with Crippen LogP contribution in [0.25, 0.3) is 10.8 Å². The Morgan fingerprint density at radius 2 is 1.52 bits per heavy atom. The topological polar surface area (TPSA) is 0 Å². The minimum atomic E-state index is 0.0451. The van der Waals surface area contributed by atoms with E-state index in [0.717, 1.165) is 59.8 Å². The zero-order chi connectivity index (χ0) is 23.0. The Labute approximate surface area is 202 Å². The van der Waals surface area contributed by atoms with Crippen molar-refractivity contribution in [1.29, 1.82) is 0 Å². The molecular formula is C32H45F. The Balaban J connectivity index is 1.24. The van der Waals surface area contributed by atoms with E-state index >= 15 is 4.39 Å². The van der Waals surface area contributed by atoms with Crippen molar-refractivity contribution in [2.75, 3.05) is 0 Å². The summed E-state index contributed by atoms with van der Waals surface area (Å²) in [5, 5.41) is 1.88. The lowest BCUT2D eigenvalue weighted by molar-refractivity contribution is 0.245. The van der Waals surface area contributed by atoms with E-state index in [-0.39, 0.29) is 5.82 Å². The molecule has 1 heteroatoms. The van der Waals surface area contributed by atoms with Gasteiger partial charge >= 0.3 is 0 Å². The van der Waals surface area contributed by atoms with Crippen molar-refractivity contribution in [3.63, 3.8) is 0 Å². The molecule has 2 aromatic carbocycles. The zero-order valence-corrected chi connectivity index (χ0v) is 21.1. The highest BCUT2D eigenvalue weighted by Gasteiger charge is 2.26. The van der Waals surface area contributed by atoms with E-state index in [1.165, 1.54) is 69.8 Å². The van der Waals surface area contributed by atoms with Crippen LogP contribution in [-0.4, -0.2) is 0 Å². The van der Waals surface area contributed by atoms with Crippen LogP contribution in [0.5, 0.6) is 0 Å². The van der Waals surface area contributed by atoms with Crippen LogP contribution in [0, 0.1) is 23.6 Å². The summed E-state index contributed by atoms with van der Waals surface area (Å²) in [7, 11) is 0. The van der Waals surface area contributed by atoms with Gasteiger partial charge in [0.2, 0.25) is 0 Å². The molecule has 180 valence electrons. The lowest BCUT2D eigenvalue weighted by Crippen LogP contribution is -2.17. The van der Waals surface area contributed by atoms with Crippen LogP contribution in [0.15, 0.2) is 42.5 Å². The second-order valence-electron chi connectivity index (χ2n) is 11.1. The van der Waals surface area contributed by atoms with Gasteiger partial charge in [-0.2, -0.15) is 0 Å². The molecule has 0 bridgehead atoms. The highest BCUT2D eigenvalue weighted by Crippen LogP contribution is 2.41. The molecule has 0 atom stereocenters. The Kier molecular flexibility index (Phi) is 9.04. The molecule has 0 unspecified atom stereocenters. The number of unbranched alkanes of at least 4 members (excludes halogenated alkanes) is 1. The number of hydrogen-bond acceptors (Lipinski definition) is 0. The van der Waals surface area contributed by atoms with Crippen LogP contribution in [-0.2, 0) is 6.42 Å². The molecule has 0 nitrogen and oxygen atoms in total. The first-order chi connectivity index (χ1) is 16.2. The molecule has 0 radical (unpaired) electrons. The fourth-order valence-electron chi connectivity index (χ4n) is 6.48. The Morgan fingerprint density at radius 3 is 2.18 bits per heavy atom. The molecule has 2 aromatic rings. The standard InChI is InChI=1S/C32H45F/c1-3-5-6-8-24-9-11-25(12-10-24)13-14-26-15-18-28(19-16-26)30-22-20-29-23-27(7-4-2)17-21-31(29)32(30)33/h6,8,17,20-26,28H,3-5,7,9-16,18-19H2,1-2H3/b8-6+. The molecule has 33 heavy (non-hydrogen) atoms. The number of fused-ring (bicyclic) bond motifs is 1. The molecule has 0 heterocycles. The summed E-state index contributed by atoms with van der Waals surface area (Å²) >= 11 is 0. The molecular weight excluding hydrogens is 403 g/mol. The number of benzene rings is 2. The van der Waals surface area contributed by atoms with Crippen LogP contribution >= 0.6 is 0 Å². The van der Waals surface area contributed by atoms with Gasteiger partial charge in [-0.3, -0.25) is 0 Å². The molecule has 0 N–H and O–H groups in total. The third-order valence-corrected chi connectivity index (χ3v) is 8.61. The minimum Gasteiger partial charge on any atom is -0.206 e. The fraction of sp³-hybridized carbons (Fsp3) is 0.625. The van der Waals surface area contributed by atoms with Crippen LogP contribution < -0.4 is 0 Å². The molecule has 0 spiro atoms. The van der Waals surface area contributed by atoms with E-state index < -0.39 is 0 Å².